The van der Waals surface area contributed by atoms with E-state index in [9.17, 15) is 4.79 Å². The summed E-state index contributed by atoms with van der Waals surface area (Å²) in [5, 5.41) is 0.628. The second-order valence-electron chi connectivity index (χ2n) is 8.67. The first kappa shape index (κ1) is 23.6. The molecule has 2 aromatic rings. The van der Waals surface area contributed by atoms with Crippen molar-refractivity contribution in [3.05, 3.63) is 48.0 Å². The molecule has 6 nitrogen and oxygen atoms in total. The average Bonchev–Trinajstić information content (AvgIpc) is 2.88. The van der Waals surface area contributed by atoms with Crippen molar-refractivity contribution in [1.82, 2.24) is 4.90 Å². The molecule has 0 N–H and O–H groups in total. The number of hydrogen-bond acceptors (Lipinski definition) is 6. The molecule has 33 heavy (non-hydrogen) atoms. The van der Waals surface area contributed by atoms with Gasteiger partial charge in [0.05, 0.1) is 32.7 Å². The molecule has 1 aliphatic heterocycles. The number of rotatable bonds is 8. The van der Waals surface area contributed by atoms with Gasteiger partial charge in [0.25, 0.3) is 0 Å². The van der Waals surface area contributed by atoms with Gasteiger partial charge >= 0.3 is 0 Å². The summed E-state index contributed by atoms with van der Waals surface area (Å²) < 4.78 is 16.6. The number of methoxy groups -OCH3 is 2. The van der Waals surface area contributed by atoms with E-state index in [2.05, 4.69) is 29.2 Å². The van der Waals surface area contributed by atoms with E-state index in [4.69, 9.17) is 13.7 Å². The fraction of sp³-hybridized carbons (Fsp3) is 0.500. The predicted molar refractivity (Wildman–Crippen MR) is 134 cm³/mol. The lowest BCUT2D eigenvalue weighted by atomic mass is 10.0. The molecule has 1 heterocycles. The molecule has 0 unspecified atom stereocenters. The van der Waals surface area contributed by atoms with Crippen LogP contribution in [0.25, 0.3) is 0 Å². The van der Waals surface area contributed by atoms with Gasteiger partial charge in [-0.1, -0.05) is 25.3 Å². The molecule has 0 bridgehead atoms. The molecule has 1 amide bonds. The maximum Gasteiger partial charge on any atom is 0.227 e. The third-order valence-corrected chi connectivity index (χ3v) is 7.50. The van der Waals surface area contributed by atoms with Gasteiger partial charge in [0.15, 0.2) is 11.5 Å². The molecule has 178 valence electrons. The minimum Gasteiger partial charge on any atom is -0.493 e. The van der Waals surface area contributed by atoms with Crippen molar-refractivity contribution >= 4 is 23.6 Å². The van der Waals surface area contributed by atoms with Crippen LogP contribution < -0.4 is 18.6 Å². The van der Waals surface area contributed by atoms with E-state index in [1.165, 1.54) is 37.8 Å². The Hall–Kier alpha value is -2.54. The lowest BCUT2D eigenvalue weighted by Gasteiger charge is -2.36. The molecule has 7 heteroatoms. The number of ether oxygens (including phenoxy) is 2. The van der Waals surface area contributed by atoms with E-state index >= 15 is 0 Å². The summed E-state index contributed by atoms with van der Waals surface area (Å²) in [6.07, 6.45) is 6.90. The first-order valence-corrected chi connectivity index (χ1v) is 12.6. The third-order valence-electron chi connectivity index (χ3n) is 6.47. The summed E-state index contributed by atoms with van der Waals surface area (Å²) in [6, 6.07) is 14.0. The highest BCUT2D eigenvalue weighted by molar-refractivity contribution is 7.95. The molecule has 2 fully saturated rings. The Morgan fingerprint density at radius 1 is 0.909 bits per heavy atom. The number of carbonyl (C=O) groups excluding carboxylic acids is 1. The Morgan fingerprint density at radius 3 is 2.27 bits per heavy atom. The van der Waals surface area contributed by atoms with Gasteiger partial charge in [-0.2, -0.15) is 0 Å². The maximum atomic E-state index is 12.8. The van der Waals surface area contributed by atoms with Crippen molar-refractivity contribution in [1.29, 1.82) is 0 Å². The number of hydrogen-bond donors (Lipinski definition) is 0. The Bertz CT molecular complexity index is 907. The molecule has 4 rings (SSSR count). The molecule has 0 spiro atoms. The van der Waals surface area contributed by atoms with Crippen LogP contribution in [-0.4, -0.2) is 56.5 Å². The van der Waals surface area contributed by atoms with Crippen LogP contribution in [0.2, 0.25) is 0 Å². The second kappa shape index (κ2) is 11.5. The first-order chi connectivity index (χ1) is 16.2. The summed E-state index contributed by atoms with van der Waals surface area (Å²) in [4.78, 5) is 17.1. The molecule has 2 aromatic carbocycles. The van der Waals surface area contributed by atoms with Crippen molar-refractivity contribution in [3.63, 3.8) is 0 Å². The number of carbonyl (C=O) groups is 1. The SMILES string of the molecule is COc1ccc(CC(=O)N2CCN(c3ccc(OSC4CCCCC4)cc3)CC2)cc1OC. The largest absolute Gasteiger partial charge is 0.493 e. The quantitative estimate of drug-likeness (QED) is 0.509. The van der Waals surface area contributed by atoms with Gasteiger partial charge in [0.1, 0.15) is 5.75 Å². The Kier molecular flexibility index (Phi) is 8.26. The summed E-state index contributed by atoms with van der Waals surface area (Å²) in [7, 11) is 3.22. The fourth-order valence-corrected chi connectivity index (χ4v) is 5.37. The monoisotopic (exact) mass is 470 g/mol. The zero-order chi connectivity index (χ0) is 23.0. The molecule has 0 atom stereocenters. The van der Waals surface area contributed by atoms with Gasteiger partial charge in [0, 0.05) is 37.1 Å². The van der Waals surface area contributed by atoms with Crippen LogP contribution in [0.1, 0.15) is 37.7 Å². The van der Waals surface area contributed by atoms with E-state index in [0.717, 1.165) is 37.5 Å². The predicted octanol–water partition coefficient (Wildman–Crippen LogP) is 4.95. The number of amides is 1. The normalized spacial score (nSPS) is 17.0. The van der Waals surface area contributed by atoms with Crippen LogP contribution >= 0.6 is 12.0 Å². The topological polar surface area (TPSA) is 51.2 Å². The van der Waals surface area contributed by atoms with Crippen LogP contribution in [-0.2, 0) is 11.2 Å². The molecule has 1 saturated carbocycles. The molecule has 2 aliphatic rings. The smallest absolute Gasteiger partial charge is 0.227 e. The van der Waals surface area contributed by atoms with Crippen molar-refractivity contribution in [2.45, 2.75) is 43.8 Å². The van der Waals surface area contributed by atoms with Crippen LogP contribution in [0.15, 0.2) is 42.5 Å². The van der Waals surface area contributed by atoms with Gasteiger partial charge in [-0.25, -0.2) is 0 Å². The second-order valence-corrected chi connectivity index (χ2v) is 9.69. The van der Waals surface area contributed by atoms with Crippen molar-refractivity contribution < 1.29 is 18.5 Å². The zero-order valence-electron chi connectivity index (χ0n) is 19.6. The molecular formula is C26H34N2O4S. The molecule has 1 saturated heterocycles. The minimum absolute atomic E-state index is 0.144. The van der Waals surface area contributed by atoms with E-state index in [0.29, 0.717) is 23.2 Å². The third kappa shape index (κ3) is 6.28. The van der Waals surface area contributed by atoms with Crippen LogP contribution in [0.5, 0.6) is 17.2 Å². The van der Waals surface area contributed by atoms with E-state index in [-0.39, 0.29) is 5.91 Å². The first-order valence-electron chi connectivity index (χ1n) is 11.8. The molecule has 1 aliphatic carbocycles. The maximum absolute atomic E-state index is 12.8. The van der Waals surface area contributed by atoms with E-state index in [1.54, 1.807) is 26.3 Å². The number of anilines is 1. The number of benzene rings is 2. The lowest BCUT2D eigenvalue weighted by molar-refractivity contribution is -0.130. The number of piperazine rings is 1. The molecule has 0 aromatic heterocycles. The highest BCUT2D eigenvalue weighted by Crippen LogP contribution is 2.31. The minimum atomic E-state index is 0.144. The van der Waals surface area contributed by atoms with Crippen molar-refractivity contribution in [2.75, 3.05) is 45.3 Å². The summed E-state index contributed by atoms with van der Waals surface area (Å²) in [5.41, 5.74) is 2.11. The average molecular weight is 471 g/mol. The Labute approximate surface area is 201 Å². The molecule has 0 radical (unpaired) electrons. The fourth-order valence-electron chi connectivity index (χ4n) is 4.49. The number of nitrogens with zero attached hydrogens (tertiary/aromatic N) is 2. The van der Waals surface area contributed by atoms with Gasteiger partial charge < -0.3 is 23.5 Å². The van der Waals surface area contributed by atoms with Gasteiger partial charge in [-0.3, -0.25) is 4.79 Å². The standard InChI is InChI=1S/C26H34N2O4S/c1-30-24-13-8-20(18-25(24)31-2)19-26(29)28-16-14-27(15-17-28)21-9-11-22(12-10-21)32-33-23-6-4-3-5-7-23/h8-13,18,23H,3-7,14-17,19H2,1-2H3. The van der Waals surface area contributed by atoms with Gasteiger partial charge in [-0.15, -0.1) is 0 Å². The van der Waals surface area contributed by atoms with E-state index < -0.39 is 0 Å². The molecular weight excluding hydrogens is 436 g/mol. The van der Waals surface area contributed by atoms with Crippen molar-refractivity contribution in [3.8, 4) is 17.2 Å². The van der Waals surface area contributed by atoms with Crippen LogP contribution in [0, 0.1) is 0 Å². The van der Waals surface area contributed by atoms with Gasteiger partial charge in [0.2, 0.25) is 5.91 Å². The summed E-state index contributed by atoms with van der Waals surface area (Å²) in [6.45, 7) is 3.10. The summed E-state index contributed by atoms with van der Waals surface area (Å²) in [5.74, 6) is 2.38. The summed E-state index contributed by atoms with van der Waals surface area (Å²) >= 11 is 1.63. The van der Waals surface area contributed by atoms with Crippen LogP contribution in [0.4, 0.5) is 5.69 Å². The lowest BCUT2D eigenvalue weighted by Crippen LogP contribution is -2.49. The zero-order valence-corrected chi connectivity index (χ0v) is 20.4. The highest BCUT2D eigenvalue weighted by Gasteiger charge is 2.22. The van der Waals surface area contributed by atoms with Gasteiger partial charge in [-0.05, 0) is 54.8 Å². The van der Waals surface area contributed by atoms with Crippen LogP contribution in [0.3, 0.4) is 0 Å². The van der Waals surface area contributed by atoms with Crippen molar-refractivity contribution in [2.24, 2.45) is 0 Å². The highest BCUT2D eigenvalue weighted by atomic mass is 32.2. The van der Waals surface area contributed by atoms with E-state index in [1.807, 2.05) is 23.1 Å². The Morgan fingerprint density at radius 2 is 1.61 bits per heavy atom. The Balaban J connectivity index is 1.24.